The fourth-order valence-corrected chi connectivity index (χ4v) is 4.18. The van der Waals surface area contributed by atoms with Gasteiger partial charge in [-0.15, -0.1) is 0 Å². The van der Waals surface area contributed by atoms with Crippen LogP contribution in [0.25, 0.3) is 16.8 Å². The highest BCUT2D eigenvalue weighted by molar-refractivity contribution is 6.30. The van der Waals surface area contributed by atoms with E-state index in [1.54, 1.807) is 48.5 Å². The number of rotatable bonds is 3. The van der Waals surface area contributed by atoms with Gasteiger partial charge in [0.05, 0.1) is 23.2 Å². The van der Waals surface area contributed by atoms with Crippen LogP contribution < -0.4 is 0 Å². The molecule has 1 aromatic heterocycles. The third-order valence-electron chi connectivity index (χ3n) is 5.52. The quantitative estimate of drug-likeness (QED) is 0.537. The first kappa shape index (κ1) is 18.8. The van der Waals surface area contributed by atoms with Crippen LogP contribution in [0.4, 0.5) is 4.39 Å². The zero-order valence-electron chi connectivity index (χ0n) is 15.8. The molecule has 0 spiro atoms. The molecule has 0 fully saturated rings. The second-order valence-electron chi connectivity index (χ2n) is 7.32. The highest BCUT2D eigenvalue weighted by Gasteiger charge is 2.37. The molecule has 2 heterocycles. The molecule has 0 bridgehead atoms. The molecule has 0 saturated carbocycles. The van der Waals surface area contributed by atoms with E-state index in [2.05, 4.69) is 5.16 Å². The maximum absolute atomic E-state index is 15.5. The second-order valence-corrected chi connectivity index (χ2v) is 7.75. The number of nitrogens with zero attached hydrogens (tertiary/aromatic N) is 2. The Hall–Kier alpha value is -3.25. The Kier molecular flexibility index (Phi) is 4.51. The van der Waals surface area contributed by atoms with Gasteiger partial charge in [0.25, 0.3) is 11.8 Å². The van der Waals surface area contributed by atoms with Crippen LogP contribution in [0, 0.1) is 0 Å². The van der Waals surface area contributed by atoms with Crippen LogP contribution in [-0.2, 0) is 6.42 Å². The first-order chi connectivity index (χ1) is 14.5. The van der Waals surface area contributed by atoms with E-state index in [4.69, 9.17) is 16.1 Å². The lowest BCUT2D eigenvalue weighted by molar-refractivity contribution is 0.0660. The van der Waals surface area contributed by atoms with Crippen LogP contribution in [0.2, 0.25) is 5.02 Å². The average Bonchev–Trinajstić information content (AvgIpc) is 3.30. The van der Waals surface area contributed by atoms with Gasteiger partial charge in [0.1, 0.15) is 17.3 Å². The molecule has 5 nitrogen and oxygen atoms in total. The Morgan fingerprint density at radius 2 is 1.70 bits per heavy atom. The summed E-state index contributed by atoms with van der Waals surface area (Å²) >= 11 is 5.97. The van der Waals surface area contributed by atoms with Crippen molar-refractivity contribution in [1.29, 1.82) is 0 Å². The summed E-state index contributed by atoms with van der Waals surface area (Å²) in [7, 11) is 0. The topological polar surface area (TPSA) is 63.4 Å². The van der Waals surface area contributed by atoms with Crippen LogP contribution >= 0.6 is 11.6 Å². The molecule has 7 heteroatoms. The van der Waals surface area contributed by atoms with Crippen molar-refractivity contribution in [2.24, 2.45) is 0 Å². The lowest BCUT2D eigenvalue weighted by atomic mass is 9.88. The third-order valence-corrected chi connectivity index (χ3v) is 5.77. The van der Waals surface area contributed by atoms with Crippen LogP contribution in [-0.4, -0.2) is 28.4 Å². The van der Waals surface area contributed by atoms with E-state index < -0.39 is 24.2 Å². The number of hydrogen-bond acceptors (Lipinski definition) is 4. The number of aryl methyl sites for hydroxylation is 1. The second kappa shape index (κ2) is 7.22. The van der Waals surface area contributed by atoms with Gasteiger partial charge in [-0.25, -0.2) is 4.39 Å². The number of benzene rings is 2. The van der Waals surface area contributed by atoms with Crippen molar-refractivity contribution in [1.82, 2.24) is 10.1 Å². The number of carbonyl (C=O) groups is 2. The van der Waals surface area contributed by atoms with E-state index in [-0.39, 0.29) is 0 Å². The fourth-order valence-electron chi connectivity index (χ4n) is 4.05. The van der Waals surface area contributed by atoms with E-state index in [9.17, 15) is 9.59 Å². The third kappa shape index (κ3) is 2.95. The highest BCUT2D eigenvalue weighted by atomic mass is 35.5. The van der Waals surface area contributed by atoms with Crippen molar-refractivity contribution < 1.29 is 18.5 Å². The molecular formula is C23H16ClFN2O3. The maximum Gasteiger partial charge on any atom is 0.261 e. The normalized spacial score (nSPS) is 17.2. The molecule has 2 aliphatic rings. The Labute approximate surface area is 176 Å². The van der Waals surface area contributed by atoms with Crippen molar-refractivity contribution in [2.75, 3.05) is 6.54 Å². The number of fused-ring (bicyclic) bond motifs is 2. The van der Waals surface area contributed by atoms with Crippen LogP contribution in [0.3, 0.4) is 0 Å². The summed E-state index contributed by atoms with van der Waals surface area (Å²) in [5, 5.41) is 4.74. The molecule has 2 aromatic carbocycles. The molecular weight excluding hydrogens is 407 g/mol. The van der Waals surface area contributed by atoms with E-state index >= 15 is 4.39 Å². The van der Waals surface area contributed by atoms with Gasteiger partial charge in [0, 0.05) is 17.0 Å². The minimum Gasteiger partial charge on any atom is -0.360 e. The van der Waals surface area contributed by atoms with Gasteiger partial charge in [-0.1, -0.05) is 41.0 Å². The van der Waals surface area contributed by atoms with Crippen LogP contribution in [0.15, 0.2) is 58.9 Å². The summed E-state index contributed by atoms with van der Waals surface area (Å²) in [4.78, 5) is 26.2. The van der Waals surface area contributed by atoms with E-state index in [1.165, 1.54) is 0 Å². The lowest BCUT2D eigenvalue weighted by Gasteiger charge is -2.18. The fraction of sp³-hybridized carbons (Fsp3) is 0.174. The molecule has 0 radical (unpaired) electrons. The number of amides is 2. The number of hydrogen-bond donors (Lipinski definition) is 0. The van der Waals surface area contributed by atoms with Gasteiger partial charge in [-0.05, 0) is 42.7 Å². The molecule has 0 unspecified atom stereocenters. The molecule has 0 atom stereocenters. The molecule has 0 saturated heterocycles. The standard InChI is InChI=1S/C23H16ClFN2O3/c24-14-10-8-13(9-11-14)21-20-17(6-3-7-19(20)30-26-21)18(25)12-27-22(28)15-4-1-2-5-16(15)23(27)29/h1-2,4-5,8-11H,3,6-7,12H2/b18-17-. The SMILES string of the molecule is O=C1c2ccccc2C(=O)N1C/C(F)=C1\CCCc2onc(-c3ccc(Cl)cc3)c21. The summed E-state index contributed by atoms with van der Waals surface area (Å²) < 4.78 is 21.0. The van der Waals surface area contributed by atoms with Gasteiger partial charge in [-0.2, -0.15) is 0 Å². The molecule has 3 aromatic rings. The zero-order chi connectivity index (χ0) is 20.8. The van der Waals surface area contributed by atoms with Gasteiger partial charge >= 0.3 is 0 Å². The van der Waals surface area contributed by atoms with Gasteiger partial charge in [0.15, 0.2) is 0 Å². The van der Waals surface area contributed by atoms with Crippen LogP contribution in [0.1, 0.15) is 44.9 Å². The summed E-state index contributed by atoms with van der Waals surface area (Å²) in [6.45, 7) is -0.410. The Bertz CT molecular complexity index is 1180. The summed E-state index contributed by atoms with van der Waals surface area (Å²) in [6.07, 6.45) is 1.83. The predicted molar refractivity (Wildman–Crippen MR) is 110 cm³/mol. The first-order valence-electron chi connectivity index (χ1n) is 9.62. The molecule has 1 aliphatic heterocycles. The number of allylic oxidation sites excluding steroid dienone is 1. The maximum atomic E-state index is 15.5. The minimum absolute atomic E-state index is 0.302. The molecule has 1 aliphatic carbocycles. The Balaban J connectivity index is 1.53. The molecule has 2 amide bonds. The summed E-state index contributed by atoms with van der Waals surface area (Å²) in [5.41, 5.74) is 2.94. The van der Waals surface area contributed by atoms with Crippen molar-refractivity contribution in [2.45, 2.75) is 19.3 Å². The van der Waals surface area contributed by atoms with E-state index in [0.717, 1.165) is 10.5 Å². The lowest BCUT2D eigenvalue weighted by Crippen LogP contribution is -2.31. The molecule has 30 heavy (non-hydrogen) atoms. The molecule has 150 valence electrons. The smallest absolute Gasteiger partial charge is 0.261 e. The summed E-state index contributed by atoms with van der Waals surface area (Å²) in [6, 6.07) is 13.6. The van der Waals surface area contributed by atoms with Crippen molar-refractivity contribution >= 4 is 29.0 Å². The Morgan fingerprint density at radius 1 is 1.03 bits per heavy atom. The summed E-state index contributed by atoms with van der Waals surface area (Å²) in [5.74, 6) is -0.876. The highest BCUT2D eigenvalue weighted by Crippen LogP contribution is 2.40. The average molecular weight is 423 g/mol. The van der Waals surface area contributed by atoms with Crippen molar-refractivity contribution in [3.8, 4) is 11.3 Å². The number of carbonyl (C=O) groups excluding carboxylic acids is 2. The number of imide groups is 1. The zero-order valence-corrected chi connectivity index (χ0v) is 16.6. The number of halogens is 2. The largest absolute Gasteiger partial charge is 0.360 e. The van der Waals surface area contributed by atoms with E-state index in [0.29, 0.717) is 58.0 Å². The molecule has 0 N–H and O–H groups in total. The van der Waals surface area contributed by atoms with Gasteiger partial charge < -0.3 is 4.52 Å². The first-order valence-corrected chi connectivity index (χ1v) is 10.00. The van der Waals surface area contributed by atoms with Crippen LogP contribution in [0.5, 0.6) is 0 Å². The number of aromatic nitrogens is 1. The van der Waals surface area contributed by atoms with Gasteiger partial charge in [-0.3, -0.25) is 14.5 Å². The monoisotopic (exact) mass is 422 g/mol. The minimum atomic E-state index is -0.524. The van der Waals surface area contributed by atoms with Crippen molar-refractivity contribution in [3.05, 3.63) is 81.8 Å². The van der Waals surface area contributed by atoms with E-state index in [1.807, 2.05) is 0 Å². The molecule has 5 rings (SSSR count). The Morgan fingerprint density at radius 3 is 2.37 bits per heavy atom. The van der Waals surface area contributed by atoms with Crippen molar-refractivity contribution in [3.63, 3.8) is 0 Å². The predicted octanol–water partition coefficient (Wildman–Crippen LogP) is 5.31. The van der Waals surface area contributed by atoms with Gasteiger partial charge in [0.2, 0.25) is 0 Å².